The molecule has 1 aromatic heterocycles. The third-order valence-electron chi connectivity index (χ3n) is 4.82. The Morgan fingerprint density at radius 2 is 2.04 bits per heavy atom. The van der Waals surface area contributed by atoms with Gasteiger partial charge in [0.05, 0.1) is 12.2 Å². The van der Waals surface area contributed by atoms with E-state index < -0.39 is 0 Å². The lowest BCUT2D eigenvalue weighted by molar-refractivity contribution is -0.132. The molecular formula is C21H29Cl2N3O. The number of nitrogens with zero attached hydrogens (tertiary/aromatic N) is 2. The van der Waals surface area contributed by atoms with E-state index in [9.17, 15) is 4.79 Å². The number of aryl methyl sites for hydroxylation is 1. The van der Waals surface area contributed by atoms with Crippen molar-refractivity contribution < 1.29 is 4.79 Å². The molecule has 1 aliphatic rings. The van der Waals surface area contributed by atoms with E-state index in [-0.39, 0.29) is 30.7 Å². The second-order valence-corrected chi connectivity index (χ2v) is 6.96. The zero-order valence-corrected chi connectivity index (χ0v) is 17.4. The van der Waals surface area contributed by atoms with Crippen LogP contribution in [0, 0.1) is 12.8 Å². The molecule has 0 spiro atoms. The molecule has 1 amide bonds. The molecule has 4 nitrogen and oxygen atoms in total. The molecule has 148 valence electrons. The van der Waals surface area contributed by atoms with Gasteiger partial charge < -0.3 is 10.2 Å². The van der Waals surface area contributed by atoms with Crippen molar-refractivity contribution in [3.05, 3.63) is 65.5 Å². The number of aromatic nitrogens is 1. The van der Waals surface area contributed by atoms with Crippen LogP contribution in [0.25, 0.3) is 0 Å². The normalized spacial score (nSPS) is 15.5. The Balaban J connectivity index is 0.00000182. The van der Waals surface area contributed by atoms with Crippen LogP contribution in [0.3, 0.4) is 0 Å². The lowest BCUT2D eigenvalue weighted by atomic mass is 10.0. The lowest BCUT2D eigenvalue weighted by Crippen LogP contribution is -2.30. The summed E-state index contributed by atoms with van der Waals surface area (Å²) in [6.07, 6.45) is 4.56. The number of rotatable bonds is 7. The van der Waals surface area contributed by atoms with Gasteiger partial charge in [0.2, 0.25) is 5.91 Å². The van der Waals surface area contributed by atoms with Gasteiger partial charge in [0.25, 0.3) is 0 Å². The van der Waals surface area contributed by atoms with Gasteiger partial charge in [-0.15, -0.1) is 24.8 Å². The molecule has 0 saturated carbocycles. The lowest BCUT2D eigenvalue weighted by Gasteiger charge is -2.23. The molecule has 6 heteroatoms. The molecule has 0 aliphatic carbocycles. The summed E-state index contributed by atoms with van der Waals surface area (Å²) in [7, 11) is 0. The maximum atomic E-state index is 12.9. The zero-order chi connectivity index (χ0) is 17.5. The van der Waals surface area contributed by atoms with Gasteiger partial charge in [0.1, 0.15) is 0 Å². The summed E-state index contributed by atoms with van der Waals surface area (Å²) in [4.78, 5) is 19.2. The number of nitrogens with one attached hydrogen (secondary N) is 1. The highest BCUT2D eigenvalue weighted by Crippen LogP contribution is 2.17. The fourth-order valence-corrected chi connectivity index (χ4v) is 3.40. The number of amides is 1. The van der Waals surface area contributed by atoms with Gasteiger partial charge in [-0.3, -0.25) is 9.78 Å². The summed E-state index contributed by atoms with van der Waals surface area (Å²) in [6.45, 7) is 5.42. The Hall–Kier alpha value is -1.62. The molecule has 0 bridgehead atoms. The van der Waals surface area contributed by atoms with E-state index in [0.717, 1.165) is 25.2 Å². The predicted octanol–water partition coefficient (Wildman–Crippen LogP) is 4.15. The van der Waals surface area contributed by atoms with Crippen LogP contribution in [0.2, 0.25) is 0 Å². The molecule has 1 aliphatic heterocycles. The summed E-state index contributed by atoms with van der Waals surface area (Å²) in [5, 5.41) is 3.38. The van der Waals surface area contributed by atoms with E-state index in [0.29, 0.717) is 25.4 Å². The first-order valence-corrected chi connectivity index (χ1v) is 9.14. The highest BCUT2D eigenvalue weighted by Gasteiger charge is 2.19. The van der Waals surface area contributed by atoms with Crippen LogP contribution in [-0.2, 0) is 17.9 Å². The zero-order valence-electron chi connectivity index (χ0n) is 15.8. The minimum atomic E-state index is 0. The molecule has 27 heavy (non-hydrogen) atoms. The summed E-state index contributed by atoms with van der Waals surface area (Å²) >= 11 is 0. The molecule has 1 unspecified atom stereocenters. The van der Waals surface area contributed by atoms with Gasteiger partial charge in [-0.1, -0.05) is 35.9 Å². The van der Waals surface area contributed by atoms with Crippen molar-refractivity contribution >= 4 is 30.7 Å². The van der Waals surface area contributed by atoms with Crippen LogP contribution in [0.4, 0.5) is 0 Å². The van der Waals surface area contributed by atoms with Crippen molar-refractivity contribution in [1.29, 1.82) is 0 Å². The summed E-state index contributed by atoms with van der Waals surface area (Å²) in [6, 6.07) is 14.2. The minimum absolute atomic E-state index is 0. The van der Waals surface area contributed by atoms with E-state index in [1.807, 2.05) is 23.1 Å². The van der Waals surface area contributed by atoms with Crippen LogP contribution in [0.15, 0.2) is 48.7 Å². The minimum Gasteiger partial charge on any atom is -0.332 e. The number of carbonyl (C=O) groups excluding carboxylic acids is 1. The van der Waals surface area contributed by atoms with Crippen LogP contribution in [-0.4, -0.2) is 28.9 Å². The van der Waals surface area contributed by atoms with E-state index in [1.165, 1.54) is 17.5 Å². The number of carbonyl (C=O) groups is 1. The van der Waals surface area contributed by atoms with E-state index >= 15 is 0 Å². The van der Waals surface area contributed by atoms with E-state index in [1.54, 1.807) is 6.20 Å². The van der Waals surface area contributed by atoms with E-state index in [4.69, 9.17) is 0 Å². The third-order valence-corrected chi connectivity index (χ3v) is 4.82. The highest BCUT2D eigenvalue weighted by molar-refractivity contribution is 5.85. The number of halogens is 2. The maximum Gasteiger partial charge on any atom is 0.223 e. The maximum absolute atomic E-state index is 12.9. The number of hydrogen-bond donors (Lipinski definition) is 1. The summed E-state index contributed by atoms with van der Waals surface area (Å²) in [5.74, 6) is 0.860. The monoisotopic (exact) mass is 409 g/mol. The number of hydrogen-bond acceptors (Lipinski definition) is 3. The van der Waals surface area contributed by atoms with Crippen LogP contribution in [0.5, 0.6) is 0 Å². The van der Waals surface area contributed by atoms with Crippen molar-refractivity contribution in [2.75, 3.05) is 13.1 Å². The van der Waals surface area contributed by atoms with Crippen molar-refractivity contribution in [2.45, 2.75) is 39.3 Å². The molecular weight excluding hydrogens is 381 g/mol. The predicted molar refractivity (Wildman–Crippen MR) is 114 cm³/mol. The van der Waals surface area contributed by atoms with Gasteiger partial charge in [-0.05, 0) is 56.5 Å². The molecule has 1 atom stereocenters. The largest absolute Gasteiger partial charge is 0.332 e. The third kappa shape index (κ3) is 7.49. The second kappa shape index (κ2) is 12.0. The molecule has 3 rings (SSSR count). The van der Waals surface area contributed by atoms with Gasteiger partial charge in [0, 0.05) is 19.2 Å². The van der Waals surface area contributed by atoms with Crippen molar-refractivity contribution in [3.8, 4) is 0 Å². The Morgan fingerprint density at radius 3 is 2.70 bits per heavy atom. The molecule has 2 aromatic rings. The average molecular weight is 410 g/mol. The first-order chi connectivity index (χ1) is 12.2. The molecule has 0 radical (unpaired) electrons. The van der Waals surface area contributed by atoms with Gasteiger partial charge in [-0.25, -0.2) is 0 Å². The summed E-state index contributed by atoms with van der Waals surface area (Å²) < 4.78 is 0. The Kier molecular flexibility index (Phi) is 10.4. The van der Waals surface area contributed by atoms with Gasteiger partial charge in [-0.2, -0.15) is 0 Å². The Bertz CT molecular complexity index is 691. The van der Waals surface area contributed by atoms with Crippen LogP contribution in [0.1, 0.15) is 36.1 Å². The quantitative estimate of drug-likeness (QED) is 0.746. The number of benzene rings is 1. The van der Waals surface area contributed by atoms with Gasteiger partial charge in [0.15, 0.2) is 0 Å². The number of pyridine rings is 1. The van der Waals surface area contributed by atoms with Gasteiger partial charge >= 0.3 is 0 Å². The summed E-state index contributed by atoms with van der Waals surface area (Å²) in [5.41, 5.74) is 3.33. The molecule has 1 fully saturated rings. The Morgan fingerprint density at radius 1 is 1.19 bits per heavy atom. The molecule has 1 saturated heterocycles. The van der Waals surface area contributed by atoms with E-state index in [2.05, 4.69) is 41.5 Å². The topological polar surface area (TPSA) is 45.2 Å². The molecule has 1 aromatic carbocycles. The average Bonchev–Trinajstić information content (AvgIpc) is 3.14. The second-order valence-electron chi connectivity index (χ2n) is 6.96. The van der Waals surface area contributed by atoms with Crippen molar-refractivity contribution in [3.63, 3.8) is 0 Å². The first kappa shape index (κ1) is 23.4. The SMILES string of the molecule is Cc1cccc(CN(Cc2ccccn2)C(=O)CCC2CCNC2)c1.Cl.Cl. The fraction of sp³-hybridized carbons (Fsp3) is 0.429. The first-order valence-electron chi connectivity index (χ1n) is 9.14. The van der Waals surface area contributed by atoms with Crippen molar-refractivity contribution in [1.82, 2.24) is 15.2 Å². The van der Waals surface area contributed by atoms with Crippen molar-refractivity contribution in [2.24, 2.45) is 5.92 Å². The standard InChI is InChI=1S/C21H27N3O.2ClH/c1-17-5-4-6-19(13-17)15-24(16-20-7-2-3-11-23-20)21(25)9-8-18-10-12-22-14-18;;/h2-7,11,13,18,22H,8-10,12,14-16H2,1H3;2*1H. The van der Waals surface area contributed by atoms with Crippen LogP contribution < -0.4 is 5.32 Å². The smallest absolute Gasteiger partial charge is 0.223 e. The highest BCUT2D eigenvalue weighted by atomic mass is 35.5. The van der Waals surface area contributed by atoms with Crippen LogP contribution >= 0.6 is 24.8 Å². The molecule has 2 heterocycles. The molecule has 1 N–H and O–H groups in total. The fourth-order valence-electron chi connectivity index (χ4n) is 3.40. The Labute approximate surface area is 174 Å².